The number of hydrogen-bond acceptors (Lipinski definition) is 1. The minimum atomic E-state index is 0.943. The molecule has 3 heteroatoms. The lowest BCUT2D eigenvalue weighted by molar-refractivity contribution is 1.10. The zero-order chi connectivity index (χ0) is 26.5. The van der Waals surface area contributed by atoms with Gasteiger partial charge < -0.3 is 4.57 Å². The molecule has 0 N–H and O–H groups in total. The van der Waals surface area contributed by atoms with Crippen LogP contribution in [0.25, 0.3) is 66.7 Å². The Hall–Kier alpha value is -5.41. The molecule has 0 atom stereocenters. The van der Waals surface area contributed by atoms with Crippen molar-refractivity contribution >= 4 is 32.8 Å². The molecule has 0 unspecified atom stereocenters. The summed E-state index contributed by atoms with van der Waals surface area (Å²) in [6, 6.07) is 53.6. The molecule has 0 saturated heterocycles. The minimum absolute atomic E-state index is 0.943. The molecule has 0 fully saturated rings. The topological polar surface area (TPSA) is 22.8 Å². The van der Waals surface area contributed by atoms with Crippen LogP contribution in [0.5, 0.6) is 0 Å². The predicted octanol–water partition coefficient (Wildman–Crippen LogP) is 9.46. The van der Waals surface area contributed by atoms with E-state index in [4.69, 9.17) is 4.98 Å². The number of aromatic nitrogens is 3. The van der Waals surface area contributed by atoms with Crippen LogP contribution < -0.4 is 0 Å². The fourth-order valence-corrected chi connectivity index (χ4v) is 5.90. The third-order valence-corrected chi connectivity index (χ3v) is 7.74. The number of rotatable bonds is 4. The molecule has 0 bridgehead atoms. The summed E-state index contributed by atoms with van der Waals surface area (Å²) in [6.45, 7) is 0. The van der Waals surface area contributed by atoms with Crippen molar-refractivity contribution in [3.8, 4) is 33.9 Å². The minimum Gasteiger partial charge on any atom is -0.309 e. The van der Waals surface area contributed by atoms with Crippen LogP contribution in [0.3, 0.4) is 0 Å². The third kappa shape index (κ3) is 3.56. The summed E-state index contributed by atoms with van der Waals surface area (Å²) < 4.78 is 4.61. The Balaban J connectivity index is 1.23. The van der Waals surface area contributed by atoms with Gasteiger partial charge in [-0.1, -0.05) is 103 Å². The van der Waals surface area contributed by atoms with E-state index in [1.807, 2.05) is 12.1 Å². The van der Waals surface area contributed by atoms with Crippen molar-refractivity contribution in [3.63, 3.8) is 0 Å². The molecule has 0 radical (unpaired) electrons. The Morgan fingerprint density at radius 2 is 0.950 bits per heavy atom. The number of imidazole rings is 1. The van der Waals surface area contributed by atoms with Crippen LogP contribution in [0.15, 0.2) is 152 Å². The van der Waals surface area contributed by atoms with Gasteiger partial charge in [0.1, 0.15) is 5.82 Å². The van der Waals surface area contributed by atoms with Crippen LogP contribution in [0, 0.1) is 0 Å². The van der Waals surface area contributed by atoms with Gasteiger partial charge in [-0.25, -0.2) is 4.98 Å². The monoisotopic (exact) mass is 511 g/mol. The zero-order valence-corrected chi connectivity index (χ0v) is 21.8. The number of benzene rings is 6. The van der Waals surface area contributed by atoms with E-state index in [2.05, 4.69) is 149 Å². The van der Waals surface area contributed by atoms with Gasteiger partial charge in [-0.2, -0.15) is 0 Å². The van der Waals surface area contributed by atoms with Gasteiger partial charge in [0.05, 0.1) is 22.1 Å². The van der Waals surface area contributed by atoms with E-state index < -0.39 is 0 Å². The van der Waals surface area contributed by atoms with E-state index in [-0.39, 0.29) is 0 Å². The van der Waals surface area contributed by atoms with Crippen molar-refractivity contribution in [2.75, 3.05) is 0 Å². The SMILES string of the molecule is c1ccc(-n2c(-c3ccc(-c4cccc(-n5c6ccccc6c6ccccc65)c4)cc3)nc3ccccc32)cc1. The molecule has 188 valence electrons. The summed E-state index contributed by atoms with van der Waals surface area (Å²) >= 11 is 0. The quantitative estimate of drug-likeness (QED) is 0.231. The van der Waals surface area contributed by atoms with Gasteiger partial charge in [-0.15, -0.1) is 0 Å². The van der Waals surface area contributed by atoms with E-state index in [9.17, 15) is 0 Å². The average molecular weight is 512 g/mol. The Bertz CT molecular complexity index is 2100. The summed E-state index contributed by atoms with van der Waals surface area (Å²) in [4.78, 5) is 5.03. The first-order valence-electron chi connectivity index (χ1n) is 13.6. The molecule has 0 aliphatic rings. The maximum atomic E-state index is 5.03. The molecule has 3 nitrogen and oxygen atoms in total. The molecule has 8 aromatic rings. The summed E-state index contributed by atoms with van der Waals surface area (Å²) in [6.07, 6.45) is 0. The third-order valence-electron chi connectivity index (χ3n) is 7.74. The van der Waals surface area contributed by atoms with Crippen LogP contribution in [0.2, 0.25) is 0 Å². The van der Waals surface area contributed by atoms with Crippen LogP contribution in [-0.2, 0) is 0 Å². The van der Waals surface area contributed by atoms with E-state index in [0.29, 0.717) is 0 Å². The highest BCUT2D eigenvalue weighted by Crippen LogP contribution is 2.34. The molecule has 8 rings (SSSR count). The van der Waals surface area contributed by atoms with Crippen LogP contribution in [-0.4, -0.2) is 14.1 Å². The van der Waals surface area contributed by atoms with Crippen LogP contribution in [0.1, 0.15) is 0 Å². The lowest BCUT2D eigenvalue weighted by Gasteiger charge is -2.12. The first-order chi connectivity index (χ1) is 19.8. The second kappa shape index (κ2) is 9.11. The number of fused-ring (bicyclic) bond motifs is 4. The highest BCUT2D eigenvalue weighted by atomic mass is 15.1. The molecule has 0 spiro atoms. The van der Waals surface area contributed by atoms with Crippen molar-refractivity contribution in [2.45, 2.75) is 0 Å². The second-order valence-corrected chi connectivity index (χ2v) is 10.1. The van der Waals surface area contributed by atoms with Gasteiger partial charge in [0.15, 0.2) is 0 Å². The predicted molar refractivity (Wildman–Crippen MR) is 166 cm³/mol. The standard InChI is InChI=1S/C37H25N3/c1-2-12-29(13-3-1)40-36-20-9-6-17-33(36)38-37(40)27-23-21-26(22-24-27)28-11-10-14-30(25-28)39-34-18-7-4-15-31(34)32-16-5-8-19-35(32)39/h1-25H. The van der Waals surface area contributed by atoms with Gasteiger partial charge in [0, 0.05) is 27.7 Å². The first-order valence-corrected chi connectivity index (χ1v) is 13.6. The summed E-state index contributed by atoms with van der Waals surface area (Å²) in [5.74, 6) is 0.943. The highest BCUT2D eigenvalue weighted by molar-refractivity contribution is 6.09. The van der Waals surface area contributed by atoms with Crippen molar-refractivity contribution in [3.05, 3.63) is 152 Å². The molecule has 6 aromatic carbocycles. The fourth-order valence-electron chi connectivity index (χ4n) is 5.90. The molecule has 2 heterocycles. The maximum absolute atomic E-state index is 5.03. The van der Waals surface area contributed by atoms with E-state index >= 15 is 0 Å². The average Bonchev–Trinajstić information content (AvgIpc) is 3.58. The Morgan fingerprint density at radius 3 is 1.68 bits per heavy atom. The number of nitrogens with zero attached hydrogens (tertiary/aromatic N) is 3. The van der Waals surface area contributed by atoms with Crippen molar-refractivity contribution < 1.29 is 0 Å². The second-order valence-electron chi connectivity index (χ2n) is 10.1. The maximum Gasteiger partial charge on any atom is 0.145 e. The molecule has 0 aliphatic heterocycles. The molecular weight excluding hydrogens is 486 g/mol. The first kappa shape index (κ1) is 22.6. The van der Waals surface area contributed by atoms with Crippen molar-refractivity contribution in [1.29, 1.82) is 0 Å². The van der Waals surface area contributed by atoms with Crippen LogP contribution >= 0.6 is 0 Å². The Labute approximate surface area is 232 Å². The molecule has 0 amide bonds. The fraction of sp³-hybridized carbons (Fsp3) is 0. The summed E-state index contributed by atoms with van der Waals surface area (Å²) in [5.41, 5.74) is 10.2. The van der Waals surface area contributed by atoms with Gasteiger partial charge in [0.2, 0.25) is 0 Å². The Morgan fingerprint density at radius 1 is 0.375 bits per heavy atom. The summed E-state index contributed by atoms with van der Waals surface area (Å²) in [5, 5.41) is 2.54. The lowest BCUT2D eigenvalue weighted by Crippen LogP contribution is -1.97. The Kier molecular flexibility index (Phi) is 5.14. The van der Waals surface area contributed by atoms with E-state index in [0.717, 1.165) is 33.8 Å². The largest absolute Gasteiger partial charge is 0.309 e. The van der Waals surface area contributed by atoms with E-state index in [1.165, 1.54) is 32.9 Å². The normalized spacial score (nSPS) is 11.5. The molecule has 0 aliphatic carbocycles. The van der Waals surface area contributed by atoms with Crippen molar-refractivity contribution in [2.24, 2.45) is 0 Å². The van der Waals surface area contributed by atoms with Gasteiger partial charge in [0.25, 0.3) is 0 Å². The number of para-hydroxylation sites is 5. The molecule has 0 saturated carbocycles. The molecular formula is C37H25N3. The van der Waals surface area contributed by atoms with Crippen LogP contribution in [0.4, 0.5) is 0 Å². The zero-order valence-electron chi connectivity index (χ0n) is 21.8. The number of hydrogen-bond donors (Lipinski definition) is 0. The van der Waals surface area contributed by atoms with E-state index in [1.54, 1.807) is 0 Å². The molecule has 2 aromatic heterocycles. The smallest absolute Gasteiger partial charge is 0.145 e. The van der Waals surface area contributed by atoms with Crippen molar-refractivity contribution in [1.82, 2.24) is 14.1 Å². The highest BCUT2D eigenvalue weighted by Gasteiger charge is 2.15. The molecule has 40 heavy (non-hydrogen) atoms. The summed E-state index contributed by atoms with van der Waals surface area (Å²) in [7, 11) is 0. The van der Waals surface area contributed by atoms with Gasteiger partial charge in [-0.05, 0) is 59.7 Å². The van der Waals surface area contributed by atoms with Gasteiger partial charge in [-0.3, -0.25) is 4.57 Å². The van der Waals surface area contributed by atoms with Gasteiger partial charge >= 0.3 is 0 Å². The lowest BCUT2D eigenvalue weighted by atomic mass is 10.0.